The Morgan fingerprint density at radius 1 is 0.761 bits per heavy atom. The van der Waals surface area contributed by atoms with Crippen molar-refractivity contribution in [2.24, 2.45) is 65.8 Å². The molecule has 0 aromatic carbocycles. The smallest absolute Gasteiger partial charge is 0.186 e. The Morgan fingerprint density at radius 3 is 1.96 bits per heavy atom. The lowest BCUT2D eigenvalue weighted by Crippen LogP contribution is -2.63. The predicted molar refractivity (Wildman–Crippen MR) is 184 cm³/mol. The normalized spacial score (nSPS) is 31.4. The molecular formula is C26H54N12O6S2. The van der Waals surface area contributed by atoms with Gasteiger partial charge in [-0.3, -0.25) is 4.99 Å². The fraction of sp³-hybridized carbons (Fsp3) is 0.846. The number of nitrogens with two attached hydrogens (primary N) is 8. The van der Waals surface area contributed by atoms with Crippen LogP contribution in [0.2, 0.25) is 0 Å². The quantitative estimate of drug-likeness (QED) is 0.0330. The zero-order valence-corrected chi connectivity index (χ0v) is 28.4. The van der Waals surface area contributed by atoms with Crippen LogP contribution in [-0.2, 0) is 14.2 Å². The minimum absolute atomic E-state index is 0.0635. The second-order valence-electron chi connectivity index (χ2n) is 12.2. The topological polar surface area (TPSA) is 346 Å². The highest BCUT2D eigenvalue weighted by atomic mass is 33.1. The maximum absolute atomic E-state index is 11.4. The number of aliphatic hydroxyl groups excluding tert-OH is 3. The second-order valence-corrected chi connectivity index (χ2v) is 15.4. The van der Waals surface area contributed by atoms with Crippen molar-refractivity contribution in [3.63, 3.8) is 0 Å². The van der Waals surface area contributed by atoms with Gasteiger partial charge in [-0.1, -0.05) is 55.2 Å². The summed E-state index contributed by atoms with van der Waals surface area (Å²) < 4.78 is 18.8. The molecule has 0 spiro atoms. The van der Waals surface area contributed by atoms with Crippen molar-refractivity contribution in [2.45, 2.75) is 119 Å². The molecule has 266 valence electrons. The van der Waals surface area contributed by atoms with Gasteiger partial charge in [0.15, 0.2) is 30.1 Å². The first-order valence-electron chi connectivity index (χ1n) is 15.1. The van der Waals surface area contributed by atoms with Crippen molar-refractivity contribution in [1.29, 1.82) is 0 Å². The molecule has 0 amide bonds. The van der Waals surface area contributed by atoms with Gasteiger partial charge in [-0.05, 0) is 19.3 Å². The third-order valence-corrected chi connectivity index (χ3v) is 10.4. The summed E-state index contributed by atoms with van der Waals surface area (Å²) >= 11 is 0. The summed E-state index contributed by atoms with van der Waals surface area (Å²) in [6.07, 6.45) is -5.17. The summed E-state index contributed by atoms with van der Waals surface area (Å²) in [6.45, 7) is 6.62. The highest BCUT2D eigenvalue weighted by Crippen LogP contribution is 2.36. The first kappa shape index (κ1) is 39.7. The van der Waals surface area contributed by atoms with Gasteiger partial charge in [0.1, 0.15) is 42.7 Å². The standard InChI is InChI=1S/C26H54N12O6S2/c1-26(2,3)46-45-9-7-5-4-6-8-42-20-16(39)12(36-23(29)30)10-13(37-24(31)32)19(20)44-21-15(38-25(33)34)18(41)17(40)14(43-21)11-35-22(27)28/h12-21,39-41H,4-11H2,1-3H3,(H4,27,28,35)(H4,29,30,36)(H4,31,32,37)(H4,33,34,38)/t12-,13+,14-,15-,16+,17-,18-,19-,20-,21-/m1/s1. The van der Waals surface area contributed by atoms with Gasteiger partial charge >= 0.3 is 0 Å². The van der Waals surface area contributed by atoms with E-state index in [1.807, 2.05) is 21.6 Å². The first-order valence-corrected chi connectivity index (χ1v) is 17.4. The van der Waals surface area contributed by atoms with Gasteiger partial charge in [-0.2, -0.15) is 0 Å². The Balaban J connectivity index is 2.30. The van der Waals surface area contributed by atoms with Gasteiger partial charge in [0.2, 0.25) is 0 Å². The number of rotatable bonds is 16. The fourth-order valence-corrected chi connectivity index (χ4v) is 7.47. The van der Waals surface area contributed by atoms with Crippen LogP contribution in [0.1, 0.15) is 52.9 Å². The molecule has 10 atom stereocenters. The molecule has 0 aromatic heterocycles. The average molecular weight is 695 g/mol. The van der Waals surface area contributed by atoms with Crippen LogP contribution >= 0.6 is 21.6 Å². The van der Waals surface area contributed by atoms with E-state index >= 15 is 0 Å². The molecule has 1 saturated heterocycles. The van der Waals surface area contributed by atoms with Gasteiger partial charge < -0.3 is 75.4 Å². The number of ether oxygens (including phenoxy) is 3. The van der Waals surface area contributed by atoms with E-state index in [4.69, 9.17) is 60.1 Å². The molecule has 1 aliphatic heterocycles. The first-order chi connectivity index (χ1) is 21.5. The molecule has 2 rings (SSSR count). The molecule has 19 N–H and O–H groups in total. The summed E-state index contributed by atoms with van der Waals surface area (Å²) in [5.74, 6) is -0.0955. The molecule has 0 aromatic rings. The molecule has 2 aliphatic rings. The lowest BCUT2D eigenvalue weighted by molar-refractivity contribution is -0.290. The zero-order chi connectivity index (χ0) is 34.6. The lowest BCUT2D eigenvalue weighted by Gasteiger charge is -2.46. The van der Waals surface area contributed by atoms with Crippen molar-refractivity contribution in [3.05, 3.63) is 0 Å². The van der Waals surface area contributed by atoms with Crippen LogP contribution in [0, 0.1) is 0 Å². The number of hydrogen-bond acceptors (Lipinski definition) is 12. The Hall–Kier alpha value is -2.46. The van der Waals surface area contributed by atoms with E-state index < -0.39 is 67.0 Å². The van der Waals surface area contributed by atoms with Crippen LogP contribution in [0.25, 0.3) is 0 Å². The van der Waals surface area contributed by atoms with E-state index in [2.05, 4.69) is 40.7 Å². The fourth-order valence-electron chi connectivity index (χ4n) is 5.05. The van der Waals surface area contributed by atoms with E-state index in [9.17, 15) is 15.3 Å². The van der Waals surface area contributed by atoms with Crippen LogP contribution in [0.4, 0.5) is 0 Å². The largest absolute Gasteiger partial charge is 0.388 e. The predicted octanol–water partition coefficient (Wildman–Crippen LogP) is -3.09. The lowest BCUT2D eigenvalue weighted by atomic mass is 9.83. The van der Waals surface area contributed by atoms with Gasteiger partial charge in [-0.25, -0.2) is 15.0 Å². The Kier molecular flexibility index (Phi) is 16.2. The van der Waals surface area contributed by atoms with Crippen LogP contribution in [0.5, 0.6) is 0 Å². The summed E-state index contributed by atoms with van der Waals surface area (Å²) in [5, 5.41) is 33.1. The van der Waals surface area contributed by atoms with Crippen molar-refractivity contribution >= 4 is 45.4 Å². The number of nitrogens with zero attached hydrogens (tertiary/aromatic N) is 4. The van der Waals surface area contributed by atoms with Crippen molar-refractivity contribution in [2.75, 3.05) is 18.9 Å². The third-order valence-electron chi connectivity index (χ3n) is 7.00. The van der Waals surface area contributed by atoms with E-state index in [0.29, 0.717) is 6.42 Å². The Bertz CT molecular complexity index is 1050. The molecule has 2 fully saturated rings. The molecule has 18 nitrogen and oxygen atoms in total. The molecular weight excluding hydrogens is 640 g/mol. The van der Waals surface area contributed by atoms with Gasteiger partial charge in [0, 0.05) is 17.1 Å². The Morgan fingerprint density at radius 2 is 1.37 bits per heavy atom. The molecule has 1 heterocycles. The van der Waals surface area contributed by atoms with Gasteiger partial charge in [-0.15, -0.1) is 0 Å². The summed E-state index contributed by atoms with van der Waals surface area (Å²) in [7, 11) is 3.73. The van der Waals surface area contributed by atoms with Crippen LogP contribution in [-0.4, -0.2) is 124 Å². The van der Waals surface area contributed by atoms with Crippen LogP contribution in [0.3, 0.4) is 0 Å². The average Bonchev–Trinajstić information content (AvgIpc) is 2.93. The second kappa shape index (κ2) is 18.8. The summed E-state index contributed by atoms with van der Waals surface area (Å²) in [4.78, 5) is 16.4. The van der Waals surface area contributed by atoms with E-state index in [1.54, 1.807) is 0 Å². The molecule has 20 heteroatoms. The van der Waals surface area contributed by atoms with Crippen molar-refractivity contribution < 1.29 is 29.5 Å². The molecule has 0 unspecified atom stereocenters. The van der Waals surface area contributed by atoms with Crippen LogP contribution in [0.15, 0.2) is 20.0 Å². The molecule has 1 saturated carbocycles. The molecule has 0 bridgehead atoms. The third kappa shape index (κ3) is 13.3. The van der Waals surface area contributed by atoms with E-state index in [1.165, 1.54) is 0 Å². The summed E-state index contributed by atoms with van der Waals surface area (Å²) in [6, 6.07) is -2.96. The maximum Gasteiger partial charge on any atom is 0.186 e. The Labute approximate surface area is 278 Å². The number of hydrogen-bond donors (Lipinski definition) is 11. The van der Waals surface area contributed by atoms with Gasteiger partial charge in [0.05, 0.1) is 18.6 Å². The van der Waals surface area contributed by atoms with Crippen LogP contribution < -0.4 is 45.9 Å². The zero-order valence-electron chi connectivity index (χ0n) is 26.7. The minimum Gasteiger partial charge on any atom is -0.388 e. The highest BCUT2D eigenvalue weighted by Gasteiger charge is 2.51. The molecule has 46 heavy (non-hydrogen) atoms. The maximum atomic E-state index is 11.4. The number of aliphatic imine (C=N–C) groups is 4. The molecule has 0 radical (unpaired) electrons. The molecule has 1 aliphatic carbocycles. The minimum atomic E-state index is -1.55. The summed E-state index contributed by atoms with van der Waals surface area (Å²) in [5.41, 5.74) is 45.0. The van der Waals surface area contributed by atoms with Gasteiger partial charge in [0.25, 0.3) is 0 Å². The SMILES string of the molecule is CC(C)(C)SSCCCCCCO[C@@H]1[C@@H](O)[C@H](N=C(N)N)C[C@H](N=C(N)N)[C@H]1O[C@H]1O[C@H](CN=C(N)N)[C@@H](O)[C@H](O)[C@H]1N=C(N)N. The van der Waals surface area contributed by atoms with Crippen molar-refractivity contribution in [1.82, 2.24) is 0 Å². The number of aliphatic hydroxyl groups is 3. The number of unbranched alkanes of at least 4 members (excludes halogenated alkanes) is 3. The number of guanidine groups is 4. The van der Waals surface area contributed by atoms with E-state index in [0.717, 1.165) is 25.0 Å². The monoisotopic (exact) mass is 694 g/mol. The van der Waals surface area contributed by atoms with Crippen molar-refractivity contribution in [3.8, 4) is 0 Å². The highest BCUT2D eigenvalue weighted by molar-refractivity contribution is 8.77. The van der Waals surface area contributed by atoms with E-state index in [-0.39, 0.29) is 42.2 Å².